The summed E-state index contributed by atoms with van der Waals surface area (Å²) in [6.45, 7) is 2.30. The van der Waals surface area contributed by atoms with Gasteiger partial charge < -0.3 is 9.73 Å². The highest BCUT2D eigenvalue weighted by atomic mass is 35.5. The summed E-state index contributed by atoms with van der Waals surface area (Å²) in [5, 5.41) is 3.81. The van der Waals surface area contributed by atoms with Crippen molar-refractivity contribution >= 4 is 22.9 Å². The van der Waals surface area contributed by atoms with Crippen molar-refractivity contribution in [3.05, 3.63) is 45.5 Å². The summed E-state index contributed by atoms with van der Waals surface area (Å²) < 4.78 is 6.49. The third-order valence-corrected chi connectivity index (χ3v) is 5.76. The molecule has 1 saturated carbocycles. The van der Waals surface area contributed by atoms with Crippen LogP contribution in [0.1, 0.15) is 55.7 Å². The minimum absolute atomic E-state index is 0.123. The molecule has 0 aliphatic heterocycles. The van der Waals surface area contributed by atoms with Gasteiger partial charge in [0.15, 0.2) is 0 Å². The quantitative estimate of drug-likeness (QED) is 0.770. The van der Waals surface area contributed by atoms with Gasteiger partial charge in [-0.25, -0.2) is 0 Å². The van der Waals surface area contributed by atoms with Gasteiger partial charge in [0, 0.05) is 10.9 Å². The number of halogens is 1. The van der Waals surface area contributed by atoms with Crippen molar-refractivity contribution in [1.29, 1.82) is 0 Å². The second-order valence-electron chi connectivity index (χ2n) is 5.89. The molecule has 1 fully saturated rings. The Labute approximate surface area is 135 Å². The molecule has 2 aromatic rings. The van der Waals surface area contributed by atoms with Crippen LogP contribution >= 0.6 is 22.9 Å². The minimum atomic E-state index is 0.123. The molecule has 0 amide bonds. The lowest BCUT2D eigenvalue weighted by Gasteiger charge is -2.31. The minimum Gasteiger partial charge on any atom is -0.467 e. The number of furan rings is 1. The monoisotopic (exact) mass is 323 g/mol. The molecule has 4 heteroatoms. The van der Waals surface area contributed by atoms with Gasteiger partial charge in [-0.15, -0.1) is 11.3 Å². The Morgan fingerprint density at radius 2 is 2.29 bits per heavy atom. The van der Waals surface area contributed by atoms with E-state index in [4.69, 9.17) is 16.0 Å². The van der Waals surface area contributed by atoms with E-state index in [-0.39, 0.29) is 6.04 Å². The molecular formula is C17H22ClNOS. The van der Waals surface area contributed by atoms with Crippen LogP contribution in [0.4, 0.5) is 0 Å². The van der Waals surface area contributed by atoms with Crippen molar-refractivity contribution in [3.8, 4) is 0 Å². The van der Waals surface area contributed by atoms with Crippen LogP contribution in [-0.2, 0) is 0 Å². The summed E-state index contributed by atoms with van der Waals surface area (Å²) in [5.74, 6) is 1.84. The predicted molar refractivity (Wildman–Crippen MR) is 89.1 cm³/mol. The van der Waals surface area contributed by atoms with Crippen molar-refractivity contribution in [3.63, 3.8) is 0 Å². The molecule has 0 bridgehead atoms. The van der Waals surface area contributed by atoms with E-state index in [1.54, 1.807) is 17.6 Å². The average molecular weight is 324 g/mol. The smallest absolute Gasteiger partial charge is 0.126 e. The predicted octanol–water partition coefficient (Wildman–Crippen LogP) is 5.64. The van der Waals surface area contributed by atoms with Crippen LogP contribution in [0, 0.1) is 5.92 Å². The number of thiophene rings is 1. The van der Waals surface area contributed by atoms with Gasteiger partial charge >= 0.3 is 0 Å². The number of hydrogen-bond donors (Lipinski definition) is 1. The molecule has 3 unspecified atom stereocenters. The molecule has 2 nitrogen and oxygen atoms in total. The van der Waals surface area contributed by atoms with Crippen LogP contribution in [-0.4, -0.2) is 6.04 Å². The van der Waals surface area contributed by atoms with Crippen molar-refractivity contribution in [2.45, 2.75) is 51.1 Å². The Balaban J connectivity index is 1.76. The van der Waals surface area contributed by atoms with Crippen LogP contribution in [0.3, 0.4) is 0 Å². The summed E-state index contributed by atoms with van der Waals surface area (Å²) in [6.07, 6.45) is 8.26. The van der Waals surface area contributed by atoms with Crippen LogP contribution < -0.4 is 5.32 Å². The lowest BCUT2D eigenvalue weighted by Crippen LogP contribution is -2.36. The van der Waals surface area contributed by atoms with Gasteiger partial charge in [0.05, 0.1) is 10.6 Å². The van der Waals surface area contributed by atoms with E-state index in [0.29, 0.717) is 6.04 Å². The van der Waals surface area contributed by atoms with Gasteiger partial charge in [0.1, 0.15) is 11.8 Å². The van der Waals surface area contributed by atoms with Crippen molar-refractivity contribution < 1.29 is 4.42 Å². The fraction of sp³-hybridized carbons (Fsp3) is 0.529. The van der Waals surface area contributed by atoms with Crippen molar-refractivity contribution in [2.24, 2.45) is 5.92 Å². The highest BCUT2D eigenvalue weighted by Gasteiger charge is 2.26. The summed E-state index contributed by atoms with van der Waals surface area (Å²) in [7, 11) is 0. The fourth-order valence-corrected chi connectivity index (χ4v) is 4.42. The molecule has 0 radical (unpaired) electrons. The fourth-order valence-electron chi connectivity index (χ4n) is 3.29. The average Bonchev–Trinajstić information content (AvgIpc) is 3.16. The normalized spacial score (nSPS) is 24.1. The third kappa shape index (κ3) is 3.71. The van der Waals surface area contributed by atoms with Gasteiger partial charge in [-0.1, -0.05) is 37.8 Å². The van der Waals surface area contributed by atoms with E-state index in [2.05, 4.69) is 18.3 Å². The first-order valence-corrected chi connectivity index (χ1v) is 9.00. The van der Waals surface area contributed by atoms with Gasteiger partial charge in [-0.2, -0.15) is 0 Å². The molecule has 3 rings (SSSR count). The SMILES string of the molecule is CCC1CCCC(NC(c2ccco2)c2ccc(Cl)s2)C1. The van der Waals surface area contributed by atoms with E-state index >= 15 is 0 Å². The first-order chi connectivity index (χ1) is 10.3. The molecule has 0 saturated heterocycles. The summed E-state index contributed by atoms with van der Waals surface area (Å²) in [5.41, 5.74) is 0. The topological polar surface area (TPSA) is 25.2 Å². The standard InChI is InChI=1S/C17H22ClNOS/c1-2-12-5-3-6-13(11-12)19-17(14-7-4-10-20-14)15-8-9-16(18)21-15/h4,7-10,12-13,17,19H,2-3,5-6,11H2,1H3. The number of rotatable bonds is 5. The number of nitrogens with one attached hydrogen (secondary N) is 1. The Morgan fingerprint density at radius 3 is 2.95 bits per heavy atom. The lowest BCUT2D eigenvalue weighted by atomic mass is 9.84. The molecule has 0 spiro atoms. The Morgan fingerprint density at radius 1 is 1.38 bits per heavy atom. The van der Waals surface area contributed by atoms with Crippen molar-refractivity contribution in [2.75, 3.05) is 0 Å². The Bertz CT molecular complexity index is 551. The maximum Gasteiger partial charge on any atom is 0.126 e. The summed E-state index contributed by atoms with van der Waals surface area (Å²) in [4.78, 5) is 1.23. The summed E-state index contributed by atoms with van der Waals surface area (Å²) >= 11 is 7.75. The zero-order valence-corrected chi connectivity index (χ0v) is 13.9. The van der Waals surface area contributed by atoms with Crippen LogP contribution in [0.5, 0.6) is 0 Å². The molecule has 1 N–H and O–H groups in total. The zero-order chi connectivity index (χ0) is 14.7. The second-order valence-corrected chi connectivity index (χ2v) is 7.64. The van der Waals surface area contributed by atoms with Crippen LogP contribution in [0.2, 0.25) is 4.34 Å². The Kier molecular flexibility index (Phi) is 5.04. The van der Waals surface area contributed by atoms with Gasteiger partial charge in [0.25, 0.3) is 0 Å². The van der Waals surface area contributed by atoms with Crippen molar-refractivity contribution in [1.82, 2.24) is 5.32 Å². The van der Waals surface area contributed by atoms with E-state index < -0.39 is 0 Å². The molecule has 2 aromatic heterocycles. The van der Waals surface area contributed by atoms with Gasteiger partial charge in [-0.05, 0) is 43.0 Å². The zero-order valence-electron chi connectivity index (χ0n) is 12.3. The highest BCUT2D eigenvalue weighted by molar-refractivity contribution is 7.16. The highest BCUT2D eigenvalue weighted by Crippen LogP contribution is 2.34. The molecule has 21 heavy (non-hydrogen) atoms. The largest absolute Gasteiger partial charge is 0.467 e. The molecule has 1 aliphatic rings. The second kappa shape index (κ2) is 6.99. The van der Waals surface area contributed by atoms with Gasteiger partial charge in [0.2, 0.25) is 0 Å². The molecule has 2 heterocycles. The third-order valence-electron chi connectivity index (χ3n) is 4.47. The van der Waals surface area contributed by atoms with Crippen LogP contribution in [0.25, 0.3) is 0 Å². The van der Waals surface area contributed by atoms with Crippen LogP contribution in [0.15, 0.2) is 34.9 Å². The Hall–Kier alpha value is -0.770. The molecular weight excluding hydrogens is 302 g/mol. The molecule has 0 aromatic carbocycles. The van der Waals surface area contributed by atoms with E-state index in [1.165, 1.54) is 37.0 Å². The molecule has 1 aliphatic carbocycles. The van der Waals surface area contributed by atoms with E-state index in [0.717, 1.165) is 16.0 Å². The summed E-state index contributed by atoms with van der Waals surface area (Å²) in [6, 6.07) is 8.76. The maximum absolute atomic E-state index is 6.11. The lowest BCUT2D eigenvalue weighted by molar-refractivity contribution is 0.263. The maximum atomic E-state index is 6.11. The van der Waals surface area contributed by atoms with E-state index in [9.17, 15) is 0 Å². The first kappa shape index (κ1) is 15.1. The molecule has 114 valence electrons. The first-order valence-electron chi connectivity index (χ1n) is 7.81. The molecule has 3 atom stereocenters. The van der Waals surface area contributed by atoms with Gasteiger partial charge in [-0.3, -0.25) is 0 Å². The van der Waals surface area contributed by atoms with E-state index in [1.807, 2.05) is 18.2 Å². The number of hydrogen-bond acceptors (Lipinski definition) is 3.